The molecule has 0 aromatic heterocycles. The van der Waals surface area contributed by atoms with Crippen molar-refractivity contribution in [2.75, 3.05) is 58.6 Å². The first-order chi connectivity index (χ1) is 16.1. The number of carbonyl (C=O) groups is 3. The first-order valence-corrected chi connectivity index (χ1v) is 13.3. The summed E-state index contributed by atoms with van der Waals surface area (Å²) in [7, 11) is 0. The largest absolute Gasteiger partial charge is 0.481 e. The van der Waals surface area contributed by atoms with Crippen LogP contribution in [0.1, 0.15) is 57.8 Å². The van der Waals surface area contributed by atoms with Crippen molar-refractivity contribution in [1.82, 2.24) is 0 Å². The summed E-state index contributed by atoms with van der Waals surface area (Å²) in [4.78, 5) is 34.0. The van der Waals surface area contributed by atoms with Gasteiger partial charge in [-0.05, 0) is 36.9 Å². The summed E-state index contributed by atoms with van der Waals surface area (Å²) >= 11 is 2.04. The summed E-state index contributed by atoms with van der Waals surface area (Å²) in [6.07, 6.45) is 6.72. The zero-order chi connectivity index (χ0) is 23.7. The Morgan fingerprint density at radius 2 is 1.39 bits per heavy atom. The van der Waals surface area contributed by atoms with Crippen LogP contribution in [0.3, 0.4) is 0 Å². The second-order valence-electron chi connectivity index (χ2n) is 8.72. The van der Waals surface area contributed by atoms with Crippen LogP contribution >= 0.6 is 11.8 Å². The van der Waals surface area contributed by atoms with Crippen molar-refractivity contribution < 1.29 is 38.4 Å². The van der Waals surface area contributed by atoms with Crippen molar-refractivity contribution in [1.29, 1.82) is 0 Å². The summed E-state index contributed by atoms with van der Waals surface area (Å²) < 4.78 is 21.3. The minimum Gasteiger partial charge on any atom is -0.481 e. The van der Waals surface area contributed by atoms with E-state index >= 15 is 0 Å². The van der Waals surface area contributed by atoms with Crippen molar-refractivity contribution in [3.63, 3.8) is 0 Å². The Kier molecular flexibility index (Phi) is 14.9. The molecular formula is C24H40O8S. The number of hydrogen-bond donors (Lipinski definition) is 1. The molecule has 1 saturated carbocycles. The molecule has 0 bridgehead atoms. The van der Waals surface area contributed by atoms with E-state index in [4.69, 9.17) is 24.1 Å². The van der Waals surface area contributed by atoms with Crippen molar-refractivity contribution in [3.8, 4) is 0 Å². The van der Waals surface area contributed by atoms with Crippen LogP contribution in [-0.4, -0.2) is 86.5 Å². The van der Waals surface area contributed by atoms with Crippen LogP contribution in [0.4, 0.5) is 0 Å². The topological polar surface area (TPSA) is 108 Å². The molecule has 33 heavy (non-hydrogen) atoms. The maximum Gasteiger partial charge on any atom is 0.305 e. The highest BCUT2D eigenvalue weighted by molar-refractivity contribution is 8.00. The molecule has 3 atom stereocenters. The van der Waals surface area contributed by atoms with E-state index < -0.39 is 5.97 Å². The number of ether oxygens (including phenoxy) is 4. The maximum atomic E-state index is 12.0. The Morgan fingerprint density at radius 1 is 0.788 bits per heavy atom. The van der Waals surface area contributed by atoms with E-state index in [0.29, 0.717) is 87.7 Å². The lowest BCUT2D eigenvalue weighted by atomic mass is 9.92. The molecule has 3 unspecified atom stereocenters. The fraction of sp³-hybridized carbons (Fsp3) is 0.875. The second-order valence-corrected chi connectivity index (χ2v) is 10.00. The van der Waals surface area contributed by atoms with E-state index in [0.717, 1.165) is 44.3 Å². The van der Waals surface area contributed by atoms with Crippen LogP contribution in [-0.2, 0) is 33.3 Å². The summed E-state index contributed by atoms with van der Waals surface area (Å²) in [5, 5.41) is 9.09. The maximum absolute atomic E-state index is 12.0. The Hall–Kier alpha value is -1.00. The standard InChI is InChI=1S/C24H40O8S/c25-20(4-1-2-6-23-22-17-21(26)16-19(22)18-33-23)5-3-8-29-10-12-31-14-15-32-13-11-30-9-7-24(27)28/h19,22-23H,1-18H2,(H,27,28). The van der Waals surface area contributed by atoms with Crippen LogP contribution < -0.4 is 0 Å². The fourth-order valence-electron chi connectivity index (χ4n) is 4.33. The number of carbonyl (C=O) groups excluding carboxylic acids is 2. The number of fused-ring (bicyclic) bond motifs is 1. The van der Waals surface area contributed by atoms with Crippen LogP contribution in [0.15, 0.2) is 0 Å². The van der Waals surface area contributed by atoms with Gasteiger partial charge >= 0.3 is 5.97 Å². The fourth-order valence-corrected chi connectivity index (χ4v) is 6.09. The van der Waals surface area contributed by atoms with Gasteiger partial charge in [-0.1, -0.05) is 6.42 Å². The van der Waals surface area contributed by atoms with Crippen LogP contribution in [0.25, 0.3) is 0 Å². The van der Waals surface area contributed by atoms with Gasteiger partial charge in [-0.25, -0.2) is 0 Å². The van der Waals surface area contributed by atoms with E-state index in [1.807, 2.05) is 11.8 Å². The summed E-state index contributed by atoms with van der Waals surface area (Å²) in [5.74, 6) is 2.25. The van der Waals surface area contributed by atoms with E-state index in [9.17, 15) is 14.4 Å². The minimum absolute atomic E-state index is 0.00244. The number of rotatable bonds is 21. The molecule has 0 radical (unpaired) electrons. The average Bonchev–Trinajstić information content (AvgIpc) is 3.33. The summed E-state index contributed by atoms with van der Waals surface area (Å²) in [5.41, 5.74) is 0. The highest BCUT2D eigenvalue weighted by atomic mass is 32.2. The van der Waals surface area contributed by atoms with Gasteiger partial charge in [0.1, 0.15) is 11.6 Å². The third-order valence-electron chi connectivity index (χ3n) is 6.08. The smallest absolute Gasteiger partial charge is 0.305 e. The summed E-state index contributed by atoms with van der Waals surface area (Å²) in [6.45, 7) is 3.45. The molecule has 1 aliphatic heterocycles. The molecule has 9 heteroatoms. The predicted octanol–water partition coefficient (Wildman–Crippen LogP) is 3.15. The molecule has 2 aliphatic rings. The third kappa shape index (κ3) is 12.9. The van der Waals surface area contributed by atoms with Crippen LogP contribution in [0.5, 0.6) is 0 Å². The average molecular weight is 489 g/mol. The van der Waals surface area contributed by atoms with Gasteiger partial charge < -0.3 is 24.1 Å². The Morgan fingerprint density at radius 3 is 2.06 bits per heavy atom. The third-order valence-corrected chi connectivity index (χ3v) is 7.71. The Balaban J connectivity index is 1.28. The molecule has 0 amide bonds. The predicted molar refractivity (Wildman–Crippen MR) is 126 cm³/mol. The molecule has 0 aromatic carbocycles. The van der Waals surface area contributed by atoms with Gasteiger partial charge in [0.15, 0.2) is 0 Å². The van der Waals surface area contributed by atoms with Crippen molar-refractivity contribution in [2.45, 2.75) is 63.0 Å². The number of thioether (sulfide) groups is 1. The van der Waals surface area contributed by atoms with Gasteiger partial charge in [0.2, 0.25) is 0 Å². The number of Topliss-reactive ketones (excluding diaryl/α,β-unsaturated/α-hetero) is 2. The molecule has 2 fully saturated rings. The van der Waals surface area contributed by atoms with Crippen LogP contribution in [0, 0.1) is 11.8 Å². The second kappa shape index (κ2) is 17.4. The lowest BCUT2D eigenvalue weighted by Crippen LogP contribution is -2.14. The SMILES string of the molecule is O=C(O)CCOCCOCCOCCOCCCC(=O)CCCCC1SCC2CC(=O)CC21. The number of carboxylic acid groups (broad SMARTS) is 1. The number of hydrogen-bond acceptors (Lipinski definition) is 8. The molecule has 190 valence electrons. The molecule has 2 rings (SSSR count). The number of unbranched alkanes of at least 4 members (excludes halogenated alkanes) is 1. The lowest BCUT2D eigenvalue weighted by molar-refractivity contribution is -0.138. The van der Waals surface area contributed by atoms with Gasteiger partial charge in [-0.3, -0.25) is 14.4 Å². The molecule has 1 heterocycles. The Labute approximate surface area is 201 Å². The highest BCUT2D eigenvalue weighted by Crippen LogP contribution is 2.47. The monoisotopic (exact) mass is 488 g/mol. The number of ketones is 2. The van der Waals surface area contributed by atoms with Gasteiger partial charge in [0.05, 0.1) is 52.7 Å². The first-order valence-electron chi connectivity index (χ1n) is 12.2. The van der Waals surface area contributed by atoms with Gasteiger partial charge in [0.25, 0.3) is 0 Å². The molecule has 1 saturated heterocycles. The van der Waals surface area contributed by atoms with Crippen molar-refractivity contribution in [2.24, 2.45) is 11.8 Å². The van der Waals surface area contributed by atoms with Gasteiger partial charge in [0, 0.05) is 37.5 Å². The molecular weight excluding hydrogens is 448 g/mol. The minimum atomic E-state index is -0.870. The van der Waals surface area contributed by atoms with E-state index in [1.54, 1.807) is 0 Å². The van der Waals surface area contributed by atoms with E-state index in [-0.39, 0.29) is 13.0 Å². The zero-order valence-corrected chi connectivity index (χ0v) is 20.5. The first kappa shape index (κ1) is 28.2. The molecule has 8 nitrogen and oxygen atoms in total. The number of carboxylic acids is 1. The normalized spacial score (nSPS) is 22.1. The molecule has 0 aromatic rings. The van der Waals surface area contributed by atoms with Gasteiger partial charge in [-0.15, -0.1) is 0 Å². The zero-order valence-electron chi connectivity index (χ0n) is 19.7. The summed E-state index contributed by atoms with van der Waals surface area (Å²) in [6, 6.07) is 0. The Bertz CT molecular complexity index is 585. The van der Waals surface area contributed by atoms with Crippen molar-refractivity contribution in [3.05, 3.63) is 0 Å². The molecule has 0 spiro atoms. The van der Waals surface area contributed by atoms with E-state index in [2.05, 4.69) is 0 Å². The molecule has 1 N–H and O–H groups in total. The number of aliphatic carboxylic acids is 1. The van der Waals surface area contributed by atoms with Gasteiger partial charge in [-0.2, -0.15) is 11.8 Å². The quantitative estimate of drug-likeness (QED) is 0.244. The van der Waals surface area contributed by atoms with Crippen molar-refractivity contribution >= 4 is 29.3 Å². The van der Waals surface area contributed by atoms with E-state index in [1.165, 1.54) is 0 Å². The van der Waals surface area contributed by atoms with Crippen LogP contribution in [0.2, 0.25) is 0 Å². The highest BCUT2D eigenvalue weighted by Gasteiger charge is 2.42. The lowest BCUT2D eigenvalue weighted by Gasteiger charge is -2.16. The molecule has 1 aliphatic carbocycles.